The minimum atomic E-state index is 0.00139. The lowest BCUT2D eigenvalue weighted by Gasteiger charge is -2.07. The van der Waals surface area contributed by atoms with Gasteiger partial charge in [-0.1, -0.05) is 0 Å². The maximum absolute atomic E-state index is 12.0. The average Bonchev–Trinajstić information content (AvgIpc) is 2.78. The molecule has 0 amide bonds. The topological polar surface area (TPSA) is 59.8 Å². The molecule has 0 spiro atoms. The SMILES string of the molecule is CCNc1ncc(Cn2c(C)ncc(I)c2=O)s1. The molecule has 0 bridgehead atoms. The number of rotatable bonds is 4. The number of thiazole rings is 1. The highest BCUT2D eigenvalue weighted by Gasteiger charge is 2.08. The third kappa shape index (κ3) is 2.89. The van der Waals surface area contributed by atoms with Crippen LogP contribution < -0.4 is 10.9 Å². The summed E-state index contributed by atoms with van der Waals surface area (Å²) in [6, 6.07) is 0. The minimum Gasteiger partial charge on any atom is -0.362 e. The Labute approximate surface area is 122 Å². The molecule has 2 rings (SSSR count). The van der Waals surface area contributed by atoms with Crippen LogP contribution in [0.4, 0.5) is 5.13 Å². The molecule has 0 aliphatic rings. The zero-order valence-electron chi connectivity index (χ0n) is 10.1. The van der Waals surface area contributed by atoms with Crippen molar-refractivity contribution < 1.29 is 0 Å². The van der Waals surface area contributed by atoms with E-state index in [0.717, 1.165) is 22.4 Å². The van der Waals surface area contributed by atoms with Crippen LogP contribution in [0.1, 0.15) is 17.6 Å². The van der Waals surface area contributed by atoms with E-state index >= 15 is 0 Å². The van der Waals surface area contributed by atoms with Crippen molar-refractivity contribution in [1.29, 1.82) is 0 Å². The van der Waals surface area contributed by atoms with Crippen LogP contribution in [0, 0.1) is 10.5 Å². The monoisotopic (exact) mass is 376 g/mol. The number of anilines is 1. The van der Waals surface area contributed by atoms with E-state index < -0.39 is 0 Å². The van der Waals surface area contributed by atoms with Gasteiger partial charge in [0.05, 0.1) is 10.1 Å². The second kappa shape index (κ2) is 5.79. The molecule has 1 N–H and O–H groups in total. The fourth-order valence-electron chi connectivity index (χ4n) is 1.51. The van der Waals surface area contributed by atoms with Crippen LogP contribution in [0.3, 0.4) is 0 Å². The first-order valence-electron chi connectivity index (χ1n) is 5.52. The Hall–Kier alpha value is -0.960. The standard InChI is InChI=1S/C11H13IN4OS/c1-3-13-11-15-4-8(18-11)6-16-7(2)14-5-9(12)10(16)17/h4-5H,3,6H2,1-2H3,(H,13,15). The summed E-state index contributed by atoms with van der Waals surface area (Å²) in [7, 11) is 0. The molecule has 0 fully saturated rings. The van der Waals surface area contributed by atoms with Crippen LogP contribution >= 0.6 is 33.9 Å². The molecule has 2 aromatic heterocycles. The summed E-state index contributed by atoms with van der Waals surface area (Å²) in [4.78, 5) is 21.5. The second-order valence-corrected chi connectivity index (χ2v) is 5.98. The molecular weight excluding hydrogens is 363 g/mol. The van der Waals surface area contributed by atoms with Crippen molar-refractivity contribution in [3.63, 3.8) is 0 Å². The molecule has 0 atom stereocenters. The number of aromatic nitrogens is 3. The summed E-state index contributed by atoms with van der Waals surface area (Å²) in [5.41, 5.74) is 0.00139. The van der Waals surface area contributed by atoms with Gasteiger partial charge < -0.3 is 5.32 Å². The number of hydrogen-bond donors (Lipinski definition) is 1. The van der Waals surface area contributed by atoms with Crippen LogP contribution in [0.2, 0.25) is 0 Å². The van der Waals surface area contributed by atoms with E-state index in [2.05, 4.69) is 15.3 Å². The Morgan fingerprint density at radius 2 is 2.22 bits per heavy atom. The van der Waals surface area contributed by atoms with Gasteiger partial charge in [0, 0.05) is 23.8 Å². The Morgan fingerprint density at radius 1 is 1.44 bits per heavy atom. The van der Waals surface area contributed by atoms with Gasteiger partial charge in [0.25, 0.3) is 5.56 Å². The van der Waals surface area contributed by atoms with Gasteiger partial charge in [0.2, 0.25) is 0 Å². The number of aryl methyl sites for hydroxylation is 1. The Morgan fingerprint density at radius 3 is 2.94 bits per heavy atom. The normalized spacial score (nSPS) is 10.6. The van der Waals surface area contributed by atoms with Crippen LogP contribution in [0.5, 0.6) is 0 Å². The van der Waals surface area contributed by atoms with Gasteiger partial charge in [-0.05, 0) is 36.4 Å². The highest BCUT2D eigenvalue weighted by atomic mass is 127. The van der Waals surface area contributed by atoms with E-state index in [0.29, 0.717) is 10.1 Å². The van der Waals surface area contributed by atoms with Gasteiger partial charge in [0.1, 0.15) is 5.82 Å². The lowest BCUT2D eigenvalue weighted by molar-refractivity contribution is 0.701. The van der Waals surface area contributed by atoms with Gasteiger partial charge >= 0.3 is 0 Å². The molecule has 7 heteroatoms. The quantitative estimate of drug-likeness (QED) is 0.831. The molecule has 0 radical (unpaired) electrons. The fraction of sp³-hybridized carbons (Fsp3) is 0.364. The highest BCUT2D eigenvalue weighted by Crippen LogP contribution is 2.18. The van der Waals surface area contributed by atoms with E-state index in [1.165, 1.54) is 0 Å². The first-order valence-corrected chi connectivity index (χ1v) is 7.42. The molecule has 0 aromatic carbocycles. The maximum Gasteiger partial charge on any atom is 0.267 e. The lowest BCUT2D eigenvalue weighted by atomic mass is 10.4. The first-order chi connectivity index (χ1) is 8.61. The summed E-state index contributed by atoms with van der Waals surface area (Å²) in [5.74, 6) is 0.721. The predicted octanol–water partition coefficient (Wildman–Crippen LogP) is 2.09. The lowest BCUT2D eigenvalue weighted by Crippen LogP contribution is -2.25. The third-order valence-electron chi connectivity index (χ3n) is 2.40. The van der Waals surface area contributed by atoms with Crippen molar-refractivity contribution in [2.24, 2.45) is 0 Å². The van der Waals surface area contributed by atoms with Gasteiger partial charge in [0.15, 0.2) is 5.13 Å². The molecule has 96 valence electrons. The van der Waals surface area contributed by atoms with Crippen molar-refractivity contribution >= 4 is 39.1 Å². The van der Waals surface area contributed by atoms with Crippen molar-refractivity contribution in [1.82, 2.24) is 14.5 Å². The second-order valence-electron chi connectivity index (χ2n) is 3.71. The van der Waals surface area contributed by atoms with Crippen LogP contribution in [-0.2, 0) is 6.54 Å². The molecule has 2 aromatic rings. The van der Waals surface area contributed by atoms with Crippen molar-refractivity contribution in [2.45, 2.75) is 20.4 Å². The van der Waals surface area contributed by atoms with E-state index in [1.807, 2.05) is 36.4 Å². The van der Waals surface area contributed by atoms with Crippen molar-refractivity contribution in [3.8, 4) is 0 Å². The van der Waals surface area contributed by atoms with Gasteiger partial charge in [-0.25, -0.2) is 9.97 Å². The molecule has 0 unspecified atom stereocenters. The molecule has 18 heavy (non-hydrogen) atoms. The van der Waals surface area contributed by atoms with E-state index in [4.69, 9.17) is 0 Å². The summed E-state index contributed by atoms with van der Waals surface area (Å²) < 4.78 is 2.31. The largest absolute Gasteiger partial charge is 0.362 e. The molecule has 0 aliphatic heterocycles. The fourth-order valence-corrected chi connectivity index (χ4v) is 2.81. The summed E-state index contributed by atoms with van der Waals surface area (Å²) in [6.45, 7) is 5.23. The zero-order valence-corrected chi connectivity index (χ0v) is 13.1. The summed E-state index contributed by atoms with van der Waals surface area (Å²) >= 11 is 3.57. The van der Waals surface area contributed by atoms with E-state index in [1.54, 1.807) is 28.3 Å². The molecular formula is C11H13IN4OS. The molecule has 5 nitrogen and oxygen atoms in total. The number of hydrogen-bond acceptors (Lipinski definition) is 5. The maximum atomic E-state index is 12.0. The predicted molar refractivity (Wildman–Crippen MR) is 81.3 cm³/mol. The zero-order chi connectivity index (χ0) is 13.1. The molecule has 0 saturated carbocycles. The minimum absolute atomic E-state index is 0.00139. The molecule has 0 saturated heterocycles. The van der Waals surface area contributed by atoms with Crippen LogP contribution in [0.25, 0.3) is 0 Å². The molecule has 0 aliphatic carbocycles. The number of nitrogens with zero attached hydrogens (tertiary/aromatic N) is 3. The Bertz CT molecular complexity index is 607. The third-order valence-corrected chi connectivity index (χ3v) is 4.08. The Kier molecular flexibility index (Phi) is 4.33. The molecule has 2 heterocycles. The summed E-state index contributed by atoms with van der Waals surface area (Å²) in [5, 5.41) is 4.04. The first kappa shape index (κ1) is 13.5. The van der Waals surface area contributed by atoms with Crippen LogP contribution in [0.15, 0.2) is 17.2 Å². The van der Waals surface area contributed by atoms with Gasteiger partial charge in [-0.3, -0.25) is 9.36 Å². The smallest absolute Gasteiger partial charge is 0.267 e. The van der Waals surface area contributed by atoms with Crippen molar-refractivity contribution in [3.05, 3.63) is 37.0 Å². The van der Waals surface area contributed by atoms with Gasteiger partial charge in [-0.2, -0.15) is 0 Å². The Balaban J connectivity index is 2.28. The van der Waals surface area contributed by atoms with E-state index in [9.17, 15) is 4.79 Å². The van der Waals surface area contributed by atoms with Gasteiger partial charge in [-0.15, -0.1) is 11.3 Å². The van der Waals surface area contributed by atoms with Crippen molar-refractivity contribution in [2.75, 3.05) is 11.9 Å². The average molecular weight is 376 g/mol. The van der Waals surface area contributed by atoms with E-state index in [-0.39, 0.29) is 5.56 Å². The highest BCUT2D eigenvalue weighted by molar-refractivity contribution is 14.1. The van der Waals surface area contributed by atoms with Crippen LogP contribution in [-0.4, -0.2) is 21.1 Å². The summed E-state index contributed by atoms with van der Waals surface area (Å²) in [6.07, 6.45) is 3.40. The number of nitrogens with one attached hydrogen (secondary N) is 1. The number of halogens is 1.